The fourth-order valence-corrected chi connectivity index (χ4v) is 2.33. The van der Waals surface area contributed by atoms with Crippen molar-refractivity contribution in [2.45, 2.75) is 26.7 Å². The molecule has 0 bridgehead atoms. The van der Waals surface area contributed by atoms with E-state index in [1.54, 1.807) is 37.3 Å². The van der Waals surface area contributed by atoms with Crippen molar-refractivity contribution in [2.24, 2.45) is 0 Å². The molecule has 0 aliphatic rings. The molecule has 1 aromatic carbocycles. The zero-order chi connectivity index (χ0) is 16.8. The molecule has 2 aromatic rings. The van der Waals surface area contributed by atoms with E-state index in [1.165, 1.54) is 0 Å². The summed E-state index contributed by atoms with van der Waals surface area (Å²) >= 11 is 5.93. The van der Waals surface area contributed by atoms with Crippen LogP contribution in [0, 0.1) is 6.92 Å². The molecule has 0 aliphatic heterocycles. The van der Waals surface area contributed by atoms with Gasteiger partial charge in [-0.05, 0) is 31.5 Å². The van der Waals surface area contributed by atoms with Crippen LogP contribution in [-0.4, -0.2) is 29.5 Å². The zero-order valence-corrected chi connectivity index (χ0v) is 14.4. The second-order valence-corrected chi connectivity index (χ2v) is 5.83. The number of carbonyl (C=O) groups is 1. The number of unbranched alkanes of at least 4 members (excludes halogenated alkanes) is 1. The molecule has 5 nitrogen and oxygen atoms in total. The average Bonchev–Trinajstić information content (AvgIpc) is 2.52. The van der Waals surface area contributed by atoms with Crippen molar-refractivity contribution < 1.29 is 4.79 Å². The maximum absolute atomic E-state index is 12.4. The number of hydrogen-bond donors (Lipinski definition) is 1. The maximum atomic E-state index is 12.4. The van der Waals surface area contributed by atoms with Gasteiger partial charge in [0.05, 0.1) is 0 Å². The van der Waals surface area contributed by atoms with Crippen LogP contribution >= 0.6 is 11.6 Å². The van der Waals surface area contributed by atoms with Gasteiger partial charge in [-0.1, -0.05) is 31.0 Å². The second kappa shape index (κ2) is 7.92. The van der Waals surface area contributed by atoms with Gasteiger partial charge in [0, 0.05) is 30.4 Å². The summed E-state index contributed by atoms with van der Waals surface area (Å²) in [6, 6.07) is 8.73. The van der Waals surface area contributed by atoms with E-state index < -0.39 is 0 Å². The molecule has 0 fully saturated rings. The number of halogens is 1. The Morgan fingerprint density at radius 2 is 2.09 bits per heavy atom. The van der Waals surface area contributed by atoms with Gasteiger partial charge in [-0.2, -0.15) is 0 Å². The predicted octanol–water partition coefficient (Wildman–Crippen LogP) is 3.93. The van der Waals surface area contributed by atoms with Crippen LogP contribution in [0.4, 0.5) is 11.5 Å². The number of carbonyl (C=O) groups excluding carboxylic acids is 1. The van der Waals surface area contributed by atoms with Gasteiger partial charge in [0.15, 0.2) is 0 Å². The molecule has 1 amide bonds. The summed E-state index contributed by atoms with van der Waals surface area (Å²) < 4.78 is 0. The molecular weight excluding hydrogens is 312 g/mol. The number of rotatable bonds is 6. The summed E-state index contributed by atoms with van der Waals surface area (Å²) in [5.41, 5.74) is 0.982. The Morgan fingerprint density at radius 1 is 1.30 bits per heavy atom. The van der Waals surface area contributed by atoms with E-state index in [4.69, 9.17) is 11.6 Å². The van der Waals surface area contributed by atoms with Gasteiger partial charge in [-0.3, -0.25) is 4.79 Å². The Hall–Kier alpha value is -2.14. The number of benzene rings is 1. The number of aromatic nitrogens is 2. The second-order valence-electron chi connectivity index (χ2n) is 5.40. The predicted molar refractivity (Wildman–Crippen MR) is 94.4 cm³/mol. The Balaban J connectivity index is 2.18. The van der Waals surface area contributed by atoms with Gasteiger partial charge in [-0.15, -0.1) is 0 Å². The van der Waals surface area contributed by atoms with E-state index in [2.05, 4.69) is 22.2 Å². The Bertz CT molecular complexity index is 690. The lowest BCUT2D eigenvalue weighted by molar-refractivity contribution is 0.102. The highest BCUT2D eigenvalue weighted by atomic mass is 35.5. The van der Waals surface area contributed by atoms with Crippen molar-refractivity contribution in [3.8, 4) is 0 Å². The highest BCUT2D eigenvalue weighted by Gasteiger charge is 2.13. The van der Waals surface area contributed by atoms with E-state index in [0.717, 1.165) is 25.2 Å². The quantitative estimate of drug-likeness (QED) is 0.870. The topological polar surface area (TPSA) is 58.1 Å². The fraction of sp³-hybridized carbons (Fsp3) is 0.353. The molecule has 122 valence electrons. The first-order valence-electron chi connectivity index (χ1n) is 7.63. The lowest BCUT2D eigenvalue weighted by Crippen LogP contribution is -2.22. The molecule has 0 saturated carbocycles. The number of nitrogens with one attached hydrogen (secondary N) is 1. The van der Waals surface area contributed by atoms with Crippen LogP contribution in [0.15, 0.2) is 30.3 Å². The molecule has 0 atom stereocenters. The van der Waals surface area contributed by atoms with Gasteiger partial charge in [0.25, 0.3) is 5.91 Å². The summed E-state index contributed by atoms with van der Waals surface area (Å²) in [5.74, 6) is 1.05. The van der Waals surface area contributed by atoms with Gasteiger partial charge in [-0.25, -0.2) is 9.97 Å². The summed E-state index contributed by atoms with van der Waals surface area (Å²) in [6.07, 6.45) is 2.18. The monoisotopic (exact) mass is 332 g/mol. The summed E-state index contributed by atoms with van der Waals surface area (Å²) in [7, 11) is 1.97. The van der Waals surface area contributed by atoms with Gasteiger partial charge in [0.1, 0.15) is 17.3 Å². The van der Waals surface area contributed by atoms with E-state index in [-0.39, 0.29) is 5.91 Å². The number of hydrogen-bond acceptors (Lipinski definition) is 4. The van der Waals surface area contributed by atoms with Crippen molar-refractivity contribution in [3.63, 3.8) is 0 Å². The average molecular weight is 333 g/mol. The van der Waals surface area contributed by atoms with Crippen LogP contribution in [0.3, 0.4) is 0 Å². The standard InChI is InChI=1S/C17H21ClN4O/c1-4-5-9-22(3)16-11-15(19-12(2)20-16)17(23)21-14-8-6-7-13(18)10-14/h6-8,10-11H,4-5,9H2,1-3H3,(H,21,23). The summed E-state index contributed by atoms with van der Waals surface area (Å²) in [6.45, 7) is 4.82. The Labute approximate surface area is 141 Å². The normalized spacial score (nSPS) is 10.4. The van der Waals surface area contributed by atoms with Crippen molar-refractivity contribution in [3.05, 3.63) is 46.9 Å². The van der Waals surface area contributed by atoms with Crippen LogP contribution in [0.5, 0.6) is 0 Å². The molecule has 6 heteroatoms. The number of amides is 1. The maximum Gasteiger partial charge on any atom is 0.274 e. The van der Waals surface area contributed by atoms with Crippen molar-refractivity contribution in [1.29, 1.82) is 0 Å². The third kappa shape index (κ3) is 4.93. The first-order chi connectivity index (χ1) is 11.0. The molecule has 0 saturated heterocycles. The molecule has 1 N–H and O–H groups in total. The third-order valence-corrected chi connectivity index (χ3v) is 3.61. The third-order valence-electron chi connectivity index (χ3n) is 3.38. The molecule has 0 aliphatic carbocycles. The lowest BCUT2D eigenvalue weighted by Gasteiger charge is -2.18. The molecule has 2 rings (SSSR count). The van der Waals surface area contributed by atoms with Gasteiger partial charge >= 0.3 is 0 Å². The minimum absolute atomic E-state index is 0.275. The minimum atomic E-state index is -0.275. The number of aryl methyl sites for hydroxylation is 1. The van der Waals surface area contributed by atoms with E-state index >= 15 is 0 Å². The Kier molecular flexibility index (Phi) is 5.93. The van der Waals surface area contributed by atoms with Crippen molar-refractivity contribution in [2.75, 3.05) is 23.8 Å². The van der Waals surface area contributed by atoms with Crippen LogP contribution in [0.25, 0.3) is 0 Å². The van der Waals surface area contributed by atoms with Crippen molar-refractivity contribution >= 4 is 29.0 Å². The molecule has 0 radical (unpaired) electrons. The van der Waals surface area contributed by atoms with E-state index in [0.29, 0.717) is 22.2 Å². The molecular formula is C17H21ClN4O. The smallest absolute Gasteiger partial charge is 0.274 e. The summed E-state index contributed by atoms with van der Waals surface area (Å²) in [4.78, 5) is 23.1. The fourth-order valence-electron chi connectivity index (χ4n) is 2.13. The number of anilines is 2. The lowest BCUT2D eigenvalue weighted by atomic mass is 10.3. The zero-order valence-electron chi connectivity index (χ0n) is 13.6. The van der Waals surface area contributed by atoms with Crippen LogP contribution in [0.2, 0.25) is 5.02 Å². The first-order valence-corrected chi connectivity index (χ1v) is 8.01. The van der Waals surface area contributed by atoms with Crippen LogP contribution in [0.1, 0.15) is 36.1 Å². The highest BCUT2D eigenvalue weighted by molar-refractivity contribution is 6.30. The van der Waals surface area contributed by atoms with Crippen LogP contribution < -0.4 is 10.2 Å². The largest absolute Gasteiger partial charge is 0.360 e. The van der Waals surface area contributed by atoms with Crippen LogP contribution in [-0.2, 0) is 0 Å². The molecule has 1 heterocycles. The SMILES string of the molecule is CCCCN(C)c1cc(C(=O)Nc2cccc(Cl)c2)nc(C)n1. The molecule has 0 unspecified atom stereocenters. The van der Waals surface area contributed by atoms with E-state index in [9.17, 15) is 4.79 Å². The first kappa shape index (κ1) is 17.2. The van der Waals surface area contributed by atoms with Gasteiger partial charge < -0.3 is 10.2 Å². The highest BCUT2D eigenvalue weighted by Crippen LogP contribution is 2.17. The molecule has 23 heavy (non-hydrogen) atoms. The molecule has 0 spiro atoms. The minimum Gasteiger partial charge on any atom is -0.360 e. The number of nitrogens with zero attached hydrogens (tertiary/aromatic N) is 3. The van der Waals surface area contributed by atoms with Crippen molar-refractivity contribution in [1.82, 2.24) is 9.97 Å². The molecule has 1 aromatic heterocycles. The summed E-state index contributed by atoms with van der Waals surface area (Å²) in [5, 5.41) is 3.37. The van der Waals surface area contributed by atoms with E-state index in [1.807, 2.05) is 11.9 Å². The Morgan fingerprint density at radius 3 is 2.78 bits per heavy atom. The van der Waals surface area contributed by atoms with Gasteiger partial charge in [0.2, 0.25) is 0 Å².